The topological polar surface area (TPSA) is 128 Å². The molecule has 0 fully saturated rings. The fourth-order valence-corrected chi connectivity index (χ4v) is 3.85. The first-order valence-electron chi connectivity index (χ1n) is 8.62. The average Bonchev–Trinajstić information content (AvgIpc) is 3.12. The van der Waals surface area contributed by atoms with Gasteiger partial charge in [0, 0.05) is 17.3 Å². The number of rotatable bonds is 4. The molecule has 9 heteroatoms. The summed E-state index contributed by atoms with van der Waals surface area (Å²) in [6, 6.07) is 6.67. The minimum atomic E-state index is -3.31. The van der Waals surface area contributed by atoms with Crippen molar-refractivity contribution in [1.82, 2.24) is 24.9 Å². The summed E-state index contributed by atoms with van der Waals surface area (Å²) < 4.78 is 24.6. The molecule has 1 aromatic carbocycles. The van der Waals surface area contributed by atoms with Crippen molar-refractivity contribution in [2.45, 2.75) is 24.0 Å². The van der Waals surface area contributed by atoms with E-state index >= 15 is 0 Å². The highest BCUT2D eigenvalue weighted by atomic mass is 32.2. The maximum Gasteiger partial charge on any atom is 0.180 e. The number of nitrogens with two attached hydrogens (primary N) is 1. The van der Waals surface area contributed by atoms with Gasteiger partial charge in [0.2, 0.25) is 0 Å². The summed E-state index contributed by atoms with van der Waals surface area (Å²) in [6.07, 6.45) is 6.48. The van der Waals surface area contributed by atoms with Crippen LogP contribution in [-0.2, 0) is 9.84 Å². The Morgan fingerprint density at radius 3 is 2.32 bits per heavy atom. The molecule has 0 bridgehead atoms. The first-order valence-corrected chi connectivity index (χ1v) is 10.2. The van der Waals surface area contributed by atoms with Crippen LogP contribution in [0.25, 0.3) is 33.7 Å². The Labute approximate surface area is 161 Å². The molecule has 0 aliphatic carbocycles. The highest BCUT2D eigenvalue weighted by molar-refractivity contribution is 7.92. The van der Waals surface area contributed by atoms with E-state index in [1.807, 2.05) is 0 Å². The first kappa shape index (κ1) is 18.1. The van der Waals surface area contributed by atoms with Crippen molar-refractivity contribution in [2.75, 3.05) is 5.73 Å². The number of hydrogen-bond acceptors (Lipinski definition) is 7. The number of nitrogen functional groups attached to an aromatic ring is 1. The molecule has 3 heterocycles. The molecule has 3 N–H and O–H groups in total. The summed E-state index contributed by atoms with van der Waals surface area (Å²) >= 11 is 0. The Hall–Kier alpha value is -3.33. The summed E-state index contributed by atoms with van der Waals surface area (Å²) in [5.41, 5.74) is 9.66. The largest absolute Gasteiger partial charge is 0.382 e. The minimum Gasteiger partial charge on any atom is -0.382 e. The molecule has 0 atom stereocenters. The number of hydrogen-bond donors (Lipinski definition) is 2. The lowest BCUT2D eigenvalue weighted by atomic mass is 10.1. The maximum atomic E-state index is 12.3. The normalized spacial score (nSPS) is 12.0. The monoisotopic (exact) mass is 394 g/mol. The van der Waals surface area contributed by atoms with Crippen LogP contribution in [0.1, 0.15) is 13.8 Å². The van der Waals surface area contributed by atoms with Gasteiger partial charge in [-0.15, -0.1) is 0 Å². The molecule has 0 radical (unpaired) electrons. The van der Waals surface area contributed by atoms with Crippen LogP contribution in [0.2, 0.25) is 0 Å². The predicted molar refractivity (Wildman–Crippen MR) is 107 cm³/mol. The van der Waals surface area contributed by atoms with Crippen molar-refractivity contribution in [3.05, 3.63) is 49.1 Å². The van der Waals surface area contributed by atoms with Crippen LogP contribution in [0.5, 0.6) is 0 Å². The molecule has 3 aromatic heterocycles. The summed E-state index contributed by atoms with van der Waals surface area (Å²) in [5, 5.41) is -0.474. The van der Waals surface area contributed by atoms with Gasteiger partial charge >= 0.3 is 0 Å². The second-order valence-corrected chi connectivity index (χ2v) is 9.10. The van der Waals surface area contributed by atoms with Gasteiger partial charge in [-0.3, -0.25) is 4.98 Å². The second-order valence-electron chi connectivity index (χ2n) is 6.60. The molecule has 0 saturated carbocycles. The maximum absolute atomic E-state index is 12.3. The standard InChI is InChI=1S/C19H18N6O2S/c1-11(2)28(26,27)13-5-3-12(4-6-13)15-8-24-19-18(25-15)14(7-23-19)16-9-22-17(20)10-21-16/h3-11H,1-2H3,(H2,20,22)(H,23,24). The van der Waals surface area contributed by atoms with Crippen molar-refractivity contribution >= 4 is 26.8 Å². The molecule has 28 heavy (non-hydrogen) atoms. The average molecular weight is 394 g/mol. The third kappa shape index (κ3) is 3.09. The van der Waals surface area contributed by atoms with Gasteiger partial charge in [-0.1, -0.05) is 12.1 Å². The van der Waals surface area contributed by atoms with Gasteiger partial charge in [-0.25, -0.2) is 23.4 Å². The van der Waals surface area contributed by atoms with Gasteiger partial charge < -0.3 is 10.7 Å². The van der Waals surface area contributed by atoms with Crippen molar-refractivity contribution < 1.29 is 8.42 Å². The number of aromatic amines is 1. The van der Waals surface area contributed by atoms with Gasteiger partial charge in [0.05, 0.1) is 40.1 Å². The van der Waals surface area contributed by atoms with E-state index in [4.69, 9.17) is 5.73 Å². The van der Waals surface area contributed by atoms with Crippen LogP contribution < -0.4 is 5.73 Å². The van der Waals surface area contributed by atoms with Crippen molar-refractivity contribution in [3.8, 4) is 22.5 Å². The number of benzene rings is 1. The Morgan fingerprint density at radius 2 is 1.68 bits per heavy atom. The highest BCUT2D eigenvalue weighted by Crippen LogP contribution is 2.27. The lowest BCUT2D eigenvalue weighted by molar-refractivity contribution is 0.587. The third-order valence-electron chi connectivity index (χ3n) is 4.43. The third-order valence-corrected chi connectivity index (χ3v) is 6.60. The molecule has 0 aliphatic heterocycles. The van der Waals surface area contributed by atoms with Crippen molar-refractivity contribution in [3.63, 3.8) is 0 Å². The molecule has 0 aliphatic rings. The number of nitrogens with zero attached hydrogens (tertiary/aromatic N) is 4. The number of sulfone groups is 1. The van der Waals surface area contributed by atoms with Gasteiger partial charge in [0.25, 0.3) is 0 Å². The second kappa shape index (κ2) is 6.68. The van der Waals surface area contributed by atoms with Crippen LogP contribution in [0.4, 0.5) is 5.82 Å². The van der Waals surface area contributed by atoms with Crippen LogP contribution in [0.15, 0.2) is 53.9 Å². The molecule has 0 amide bonds. The SMILES string of the molecule is CC(C)S(=O)(=O)c1ccc(-c2cnc3[nH]cc(-c4cnc(N)cn4)c3n2)cc1. The minimum absolute atomic E-state index is 0.291. The predicted octanol–water partition coefficient (Wildman–Crippen LogP) is 2.85. The summed E-state index contributed by atoms with van der Waals surface area (Å²) in [6.45, 7) is 3.33. The summed E-state index contributed by atoms with van der Waals surface area (Å²) in [4.78, 5) is 20.8. The van der Waals surface area contributed by atoms with Crippen LogP contribution in [0, 0.1) is 0 Å². The van der Waals surface area contributed by atoms with E-state index in [-0.39, 0.29) is 0 Å². The molecule has 142 valence electrons. The Bertz CT molecular complexity index is 1250. The zero-order chi connectivity index (χ0) is 19.9. The fourth-order valence-electron chi connectivity index (χ4n) is 2.79. The Balaban J connectivity index is 1.76. The Morgan fingerprint density at radius 1 is 0.964 bits per heavy atom. The Kier molecular flexibility index (Phi) is 4.31. The zero-order valence-corrected chi connectivity index (χ0v) is 16.1. The molecule has 0 saturated heterocycles. The van der Waals surface area contributed by atoms with Crippen LogP contribution in [0.3, 0.4) is 0 Å². The van der Waals surface area contributed by atoms with Gasteiger partial charge in [-0.05, 0) is 26.0 Å². The van der Waals surface area contributed by atoms with Crippen LogP contribution in [-0.4, -0.2) is 38.6 Å². The molecule has 0 unspecified atom stereocenters. The van der Waals surface area contributed by atoms with E-state index in [0.717, 1.165) is 11.1 Å². The zero-order valence-electron chi connectivity index (χ0n) is 15.3. The first-order chi connectivity index (χ1) is 13.4. The molecular weight excluding hydrogens is 376 g/mol. The molecule has 0 spiro atoms. The number of H-pyrrole nitrogens is 1. The fraction of sp³-hybridized carbons (Fsp3) is 0.158. The number of anilines is 1. The highest BCUT2D eigenvalue weighted by Gasteiger charge is 2.19. The number of nitrogens with one attached hydrogen (secondary N) is 1. The van der Waals surface area contributed by atoms with Crippen molar-refractivity contribution in [2.24, 2.45) is 0 Å². The smallest absolute Gasteiger partial charge is 0.180 e. The molecular formula is C19H18N6O2S. The van der Waals surface area contributed by atoms with E-state index in [9.17, 15) is 8.42 Å². The van der Waals surface area contributed by atoms with E-state index in [1.54, 1.807) is 56.7 Å². The van der Waals surface area contributed by atoms with Gasteiger partial charge in [-0.2, -0.15) is 0 Å². The molecule has 8 nitrogen and oxygen atoms in total. The van der Waals surface area contributed by atoms with Crippen LogP contribution >= 0.6 is 0 Å². The number of aromatic nitrogens is 5. The molecule has 4 rings (SSSR count). The van der Waals surface area contributed by atoms with Gasteiger partial charge in [0.15, 0.2) is 15.5 Å². The van der Waals surface area contributed by atoms with E-state index in [1.165, 1.54) is 6.20 Å². The van der Waals surface area contributed by atoms with E-state index in [2.05, 4.69) is 24.9 Å². The van der Waals surface area contributed by atoms with E-state index < -0.39 is 15.1 Å². The van der Waals surface area contributed by atoms with E-state index in [0.29, 0.717) is 33.3 Å². The van der Waals surface area contributed by atoms with Crippen molar-refractivity contribution in [1.29, 1.82) is 0 Å². The molecule has 4 aromatic rings. The quantitative estimate of drug-likeness (QED) is 0.545. The summed E-state index contributed by atoms with van der Waals surface area (Å²) in [5.74, 6) is 0.340. The lowest BCUT2D eigenvalue weighted by Crippen LogP contribution is -2.13. The summed E-state index contributed by atoms with van der Waals surface area (Å²) in [7, 11) is -3.31. The lowest BCUT2D eigenvalue weighted by Gasteiger charge is -2.08. The van der Waals surface area contributed by atoms with Gasteiger partial charge in [0.1, 0.15) is 11.3 Å². The number of fused-ring (bicyclic) bond motifs is 1.